The fraction of sp³-hybridized carbons (Fsp3) is 0.833. The third kappa shape index (κ3) is 1.46. The van der Waals surface area contributed by atoms with Crippen molar-refractivity contribution in [1.29, 1.82) is 0 Å². The lowest BCUT2D eigenvalue weighted by Crippen LogP contribution is -2.35. The first-order valence-corrected chi connectivity index (χ1v) is 3.38. The predicted molar refractivity (Wildman–Crippen MR) is 36.6 cm³/mol. The zero-order valence-electron chi connectivity index (χ0n) is 5.92. The number of rotatable bonds is 2. The largest absolute Gasteiger partial charge is 0.481 e. The number of aliphatic carboxylic acids is 1. The minimum absolute atomic E-state index is 0.0949. The van der Waals surface area contributed by atoms with E-state index in [1.807, 2.05) is 0 Å². The molecule has 2 unspecified atom stereocenters. The second-order valence-corrected chi connectivity index (χ2v) is 2.57. The van der Waals surface area contributed by atoms with Crippen molar-refractivity contribution in [3.8, 4) is 0 Å². The van der Waals surface area contributed by atoms with Gasteiger partial charge >= 0.3 is 5.97 Å². The Morgan fingerprint density at radius 3 is 2.90 bits per heavy atom. The van der Waals surface area contributed by atoms with E-state index in [1.165, 1.54) is 0 Å². The Hall–Kier alpha value is -0.610. The summed E-state index contributed by atoms with van der Waals surface area (Å²) in [6.07, 6.45) is 0. The molecule has 0 bridgehead atoms. The van der Waals surface area contributed by atoms with E-state index in [0.717, 1.165) is 13.2 Å². The molecule has 3 N–H and O–H groups in total. The predicted octanol–water partition coefficient (Wildman–Crippen LogP) is -0.774. The minimum atomic E-state index is -0.735. The van der Waals surface area contributed by atoms with Crippen LogP contribution in [-0.2, 0) is 4.79 Å². The molecule has 0 aromatic heterocycles. The summed E-state index contributed by atoms with van der Waals surface area (Å²) in [7, 11) is 0. The van der Waals surface area contributed by atoms with Crippen molar-refractivity contribution in [3.05, 3.63) is 0 Å². The van der Waals surface area contributed by atoms with Crippen LogP contribution in [0.3, 0.4) is 0 Å². The summed E-state index contributed by atoms with van der Waals surface area (Å²) < 4.78 is 0. The molecule has 10 heavy (non-hydrogen) atoms. The maximum absolute atomic E-state index is 10.4. The monoisotopic (exact) mass is 144 g/mol. The van der Waals surface area contributed by atoms with Gasteiger partial charge in [0.05, 0.1) is 5.92 Å². The van der Waals surface area contributed by atoms with Gasteiger partial charge in [0.2, 0.25) is 0 Å². The van der Waals surface area contributed by atoms with E-state index >= 15 is 0 Å². The first-order valence-electron chi connectivity index (χ1n) is 3.38. The molecule has 0 saturated carbocycles. The van der Waals surface area contributed by atoms with Crippen LogP contribution in [0.15, 0.2) is 0 Å². The SMILES string of the molecule is CC(C(=O)O)C1CNCN1. The van der Waals surface area contributed by atoms with Crippen LogP contribution < -0.4 is 10.6 Å². The maximum Gasteiger partial charge on any atom is 0.307 e. The zero-order chi connectivity index (χ0) is 7.56. The van der Waals surface area contributed by atoms with Crippen LogP contribution in [0.4, 0.5) is 0 Å². The van der Waals surface area contributed by atoms with Gasteiger partial charge in [-0.3, -0.25) is 10.1 Å². The molecule has 0 radical (unpaired) electrons. The lowest BCUT2D eigenvalue weighted by molar-refractivity contribution is -0.141. The van der Waals surface area contributed by atoms with Crippen molar-refractivity contribution in [2.75, 3.05) is 13.2 Å². The molecule has 0 aromatic rings. The van der Waals surface area contributed by atoms with Crippen LogP contribution >= 0.6 is 0 Å². The topological polar surface area (TPSA) is 61.4 Å². The first-order chi connectivity index (χ1) is 4.72. The van der Waals surface area contributed by atoms with Gasteiger partial charge in [-0.25, -0.2) is 0 Å². The van der Waals surface area contributed by atoms with Gasteiger partial charge < -0.3 is 10.4 Å². The quantitative estimate of drug-likeness (QED) is 0.476. The summed E-state index contributed by atoms with van der Waals surface area (Å²) in [5, 5.41) is 14.7. The second-order valence-electron chi connectivity index (χ2n) is 2.57. The molecule has 1 aliphatic heterocycles. The molecule has 4 nitrogen and oxygen atoms in total. The number of hydrogen-bond donors (Lipinski definition) is 3. The highest BCUT2D eigenvalue weighted by Crippen LogP contribution is 2.04. The third-order valence-corrected chi connectivity index (χ3v) is 1.85. The Labute approximate surface area is 59.6 Å². The molecule has 58 valence electrons. The normalized spacial score (nSPS) is 28.3. The van der Waals surface area contributed by atoms with Crippen LogP contribution in [0.2, 0.25) is 0 Å². The Morgan fingerprint density at radius 2 is 2.50 bits per heavy atom. The maximum atomic E-state index is 10.4. The van der Waals surface area contributed by atoms with Crippen LogP contribution in [0, 0.1) is 5.92 Å². The molecular weight excluding hydrogens is 132 g/mol. The van der Waals surface area contributed by atoms with Crippen LogP contribution in [0.25, 0.3) is 0 Å². The number of carboxylic acids is 1. The lowest BCUT2D eigenvalue weighted by Gasteiger charge is -2.12. The smallest absolute Gasteiger partial charge is 0.307 e. The zero-order valence-corrected chi connectivity index (χ0v) is 5.92. The van der Waals surface area contributed by atoms with E-state index in [2.05, 4.69) is 10.6 Å². The Morgan fingerprint density at radius 1 is 1.80 bits per heavy atom. The van der Waals surface area contributed by atoms with Crippen molar-refractivity contribution in [2.24, 2.45) is 5.92 Å². The van der Waals surface area contributed by atoms with E-state index < -0.39 is 5.97 Å². The highest BCUT2D eigenvalue weighted by molar-refractivity contribution is 5.70. The van der Waals surface area contributed by atoms with Gasteiger partial charge in [-0.2, -0.15) is 0 Å². The highest BCUT2D eigenvalue weighted by Gasteiger charge is 2.25. The van der Waals surface area contributed by atoms with Gasteiger partial charge in [0, 0.05) is 19.3 Å². The number of carboxylic acid groups (broad SMARTS) is 1. The first kappa shape index (κ1) is 7.50. The molecule has 1 rings (SSSR count). The van der Waals surface area contributed by atoms with Crippen LogP contribution in [0.1, 0.15) is 6.92 Å². The van der Waals surface area contributed by atoms with Gasteiger partial charge in [0.25, 0.3) is 0 Å². The number of nitrogens with one attached hydrogen (secondary N) is 2. The van der Waals surface area contributed by atoms with Gasteiger partial charge in [-0.05, 0) is 0 Å². The molecule has 1 fully saturated rings. The molecule has 4 heteroatoms. The molecule has 1 heterocycles. The fourth-order valence-corrected chi connectivity index (χ4v) is 1.03. The van der Waals surface area contributed by atoms with Crippen LogP contribution in [0.5, 0.6) is 0 Å². The summed E-state index contributed by atoms with van der Waals surface area (Å²) in [6, 6.07) is 0.0949. The van der Waals surface area contributed by atoms with Crippen molar-refractivity contribution < 1.29 is 9.90 Å². The van der Waals surface area contributed by atoms with Gasteiger partial charge in [-0.15, -0.1) is 0 Å². The number of carbonyl (C=O) groups is 1. The third-order valence-electron chi connectivity index (χ3n) is 1.85. The van der Waals surface area contributed by atoms with E-state index in [9.17, 15) is 4.79 Å². The standard InChI is InChI=1S/C6H12N2O2/c1-4(6(9)10)5-2-7-3-8-5/h4-5,7-8H,2-3H2,1H3,(H,9,10). The number of hydrogen-bond acceptors (Lipinski definition) is 3. The molecule has 1 aliphatic rings. The molecule has 0 spiro atoms. The molecule has 2 atom stereocenters. The molecule has 1 saturated heterocycles. The van der Waals surface area contributed by atoms with Crippen LogP contribution in [-0.4, -0.2) is 30.3 Å². The van der Waals surface area contributed by atoms with Crippen molar-refractivity contribution >= 4 is 5.97 Å². The van der Waals surface area contributed by atoms with Gasteiger partial charge in [0.15, 0.2) is 0 Å². The average molecular weight is 144 g/mol. The minimum Gasteiger partial charge on any atom is -0.481 e. The van der Waals surface area contributed by atoms with E-state index in [4.69, 9.17) is 5.11 Å². The summed E-state index contributed by atoms with van der Waals surface area (Å²) in [5.74, 6) is -1.03. The highest BCUT2D eigenvalue weighted by atomic mass is 16.4. The van der Waals surface area contributed by atoms with Crippen molar-refractivity contribution in [3.63, 3.8) is 0 Å². The summed E-state index contributed by atoms with van der Waals surface area (Å²) in [5.41, 5.74) is 0. The average Bonchev–Trinajstić information content (AvgIpc) is 2.36. The van der Waals surface area contributed by atoms with E-state index in [1.54, 1.807) is 6.92 Å². The molecule has 0 aliphatic carbocycles. The summed E-state index contributed by atoms with van der Waals surface area (Å²) in [6.45, 7) is 3.20. The fourth-order valence-electron chi connectivity index (χ4n) is 1.03. The van der Waals surface area contributed by atoms with Crippen molar-refractivity contribution in [1.82, 2.24) is 10.6 Å². The van der Waals surface area contributed by atoms with E-state index in [0.29, 0.717) is 0 Å². The molecule has 0 aromatic carbocycles. The second kappa shape index (κ2) is 2.98. The Bertz CT molecular complexity index is 132. The van der Waals surface area contributed by atoms with Crippen molar-refractivity contribution in [2.45, 2.75) is 13.0 Å². The summed E-state index contributed by atoms with van der Waals surface area (Å²) in [4.78, 5) is 10.4. The molecular formula is C6H12N2O2. The molecule has 0 amide bonds. The Kier molecular flexibility index (Phi) is 2.24. The van der Waals surface area contributed by atoms with Gasteiger partial charge in [-0.1, -0.05) is 6.92 Å². The lowest BCUT2D eigenvalue weighted by atomic mass is 10.0. The Balaban J connectivity index is 2.39. The van der Waals surface area contributed by atoms with Gasteiger partial charge in [0.1, 0.15) is 0 Å². The van der Waals surface area contributed by atoms with E-state index in [-0.39, 0.29) is 12.0 Å². The summed E-state index contributed by atoms with van der Waals surface area (Å²) >= 11 is 0.